The van der Waals surface area contributed by atoms with Crippen LogP contribution < -0.4 is 0 Å². The minimum atomic E-state index is 0.0635. The predicted octanol–water partition coefficient (Wildman–Crippen LogP) is 1.89. The van der Waals surface area contributed by atoms with Crippen LogP contribution in [-0.2, 0) is 19.4 Å². The number of carbonyl (C=O) groups is 1. The number of carbonyl (C=O) groups excluding carboxylic acids is 1. The van der Waals surface area contributed by atoms with Crippen molar-refractivity contribution in [3.63, 3.8) is 0 Å². The van der Waals surface area contributed by atoms with Crippen molar-refractivity contribution >= 4 is 5.91 Å². The summed E-state index contributed by atoms with van der Waals surface area (Å²) in [6, 6.07) is 0. The Hall–Kier alpha value is -2.11. The summed E-state index contributed by atoms with van der Waals surface area (Å²) in [5.74, 6) is 1.70. The van der Waals surface area contributed by atoms with Crippen LogP contribution in [0, 0.1) is 5.92 Å². The third-order valence-electron chi connectivity index (χ3n) is 4.36. The monoisotopic (exact) mass is 301 g/mol. The number of aryl methyl sites for hydroxylation is 2. The van der Waals surface area contributed by atoms with Gasteiger partial charge in [-0.05, 0) is 18.8 Å². The van der Waals surface area contributed by atoms with E-state index < -0.39 is 0 Å². The van der Waals surface area contributed by atoms with Gasteiger partial charge in [0.1, 0.15) is 5.82 Å². The van der Waals surface area contributed by atoms with E-state index in [0.29, 0.717) is 11.5 Å². The number of rotatable bonds is 5. The first-order valence-electron chi connectivity index (χ1n) is 7.96. The molecule has 0 aliphatic carbocycles. The molecule has 2 aromatic heterocycles. The van der Waals surface area contributed by atoms with Gasteiger partial charge in [0.15, 0.2) is 0 Å². The number of amides is 1. The third-order valence-corrected chi connectivity index (χ3v) is 4.36. The molecule has 0 saturated heterocycles. The molecule has 118 valence electrons. The topological polar surface area (TPSA) is 66.8 Å². The second-order valence-corrected chi connectivity index (χ2v) is 6.10. The number of nitrogens with zero attached hydrogens (tertiary/aromatic N) is 4. The molecule has 2 aromatic rings. The molecule has 1 atom stereocenters. The molecule has 3 rings (SSSR count). The predicted molar refractivity (Wildman–Crippen MR) is 83.6 cm³/mol. The van der Waals surface area contributed by atoms with Crippen LogP contribution in [-0.4, -0.2) is 44.1 Å². The second kappa shape index (κ2) is 6.34. The van der Waals surface area contributed by atoms with Gasteiger partial charge in [-0.25, -0.2) is 4.98 Å². The lowest BCUT2D eigenvalue weighted by Gasteiger charge is -2.28. The standard InChI is InChI=1S/C16H23N5O/c1-3-4-14-13(9-18-19-14)16(22)20(2)10-12-5-6-15-17-7-8-21(15)11-12/h7-9,12H,3-6,10-11H2,1-2H3,(H,18,19)/t12-/m0/s1. The highest BCUT2D eigenvalue weighted by Crippen LogP contribution is 2.20. The zero-order valence-corrected chi connectivity index (χ0v) is 13.2. The summed E-state index contributed by atoms with van der Waals surface area (Å²) >= 11 is 0. The van der Waals surface area contributed by atoms with E-state index in [-0.39, 0.29) is 5.91 Å². The Labute approximate surface area is 130 Å². The first kappa shape index (κ1) is 14.8. The smallest absolute Gasteiger partial charge is 0.257 e. The summed E-state index contributed by atoms with van der Waals surface area (Å²) in [5.41, 5.74) is 1.66. The molecule has 6 heteroatoms. The fourth-order valence-electron chi connectivity index (χ4n) is 3.20. The number of nitrogens with one attached hydrogen (secondary N) is 1. The summed E-state index contributed by atoms with van der Waals surface area (Å²) in [6.45, 7) is 3.82. The van der Waals surface area contributed by atoms with E-state index in [1.165, 1.54) is 0 Å². The van der Waals surface area contributed by atoms with Gasteiger partial charge < -0.3 is 9.47 Å². The first-order valence-corrected chi connectivity index (χ1v) is 7.96. The maximum absolute atomic E-state index is 12.6. The van der Waals surface area contributed by atoms with E-state index in [9.17, 15) is 4.79 Å². The molecule has 0 aromatic carbocycles. The van der Waals surface area contributed by atoms with Crippen molar-refractivity contribution in [2.24, 2.45) is 5.92 Å². The van der Waals surface area contributed by atoms with Crippen molar-refractivity contribution in [3.05, 3.63) is 35.7 Å². The van der Waals surface area contributed by atoms with E-state index >= 15 is 0 Å². The number of hydrogen-bond donors (Lipinski definition) is 1. The van der Waals surface area contributed by atoms with Crippen LogP contribution in [0.5, 0.6) is 0 Å². The fourth-order valence-corrected chi connectivity index (χ4v) is 3.20. The van der Waals surface area contributed by atoms with Crippen LogP contribution in [0.3, 0.4) is 0 Å². The first-order chi connectivity index (χ1) is 10.7. The molecular weight excluding hydrogens is 278 g/mol. The molecule has 6 nitrogen and oxygen atoms in total. The van der Waals surface area contributed by atoms with Gasteiger partial charge in [-0.1, -0.05) is 13.3 Å². The number of aromatic amines is 1. The van der Waals surface area contributed by atoms with Crippen molar-refractivity contribution in [1.82, 2.24) is 24.6 Å². The van der Waals surface area contributed by atoms with Crippen LogP contribution in [0.1, 0.15) is 41.6 Å². The average molecular weight is 301 g/mol. The molecule has 3 heterocycles. The van der Waals surface area contributed by atoms with E-state index in [1.54, 1.807) is 6.20 Å². The van der Waals surface area contributed by atoms with Gasteiger partial charge in [-0.3, -0.25) is 9.89 Å². The van der Waals surface area contributed by atoms with Gasteiger partial charge in [-0.2, -0.15) is 5.10 Å². The van der Waals surface area contributed by atoms with Crippen molar-refractivity contribution < 1.29 is 4.79 Å². The summed E-state index contributed by atoms with van der Waals surface area (Å²) in [7, 11) is 1.88. The van der Waals surface area contributed by atoms with Crippen molar-refractivity contribution in [3.8, 4) is 0 Å². The fraction of sp³-hybridized carbons (Fsp3) is 0.562. The average Bonchev–Trinajstić information content (AvgIpc) is 3.15. The number of imidazole rings is 1. The lowest BCUT2D eigenvalue weighted by molar-refractivity contribution is 0.0759. The van der Waals surface area contributed by atoms with Crippen LogP contribution in [0.25, 0.3) is 0 Å². The lowest BCUT2D eigenvalue weighted by Crippen LogP contribution is -2.35. The van der Waals surface area contributed by atoms with Crippen molar-refractivity contribution in [1.29, 1.82) is 0 Å². The minimum Gasteiger partial charge on any atom is -0.341 e. The molecule has 0 unspecified atom stereocenters. The number of aromatic nitrogens is 4. The molecule has 0 spiro atoms. The van der Waals surface area contributed by atoms with E-state index in [0.717, 1.165) is 50.3 Å². The highest BCUT2D eigenvalue weighted by atomic mass is 16.2. The Morgan fingerprint density at radius 1 is 1.55 bits per heavy atom. The number of H-pyrrole nitrogens is 1. The van der Waals surface area contributed by atoms with Gasteiger partial charge >= 0.3 is 0 Å². The lowest BCUT2D eigenvalue weighted by atomic mass is 9.98. The summed E-state index contributed by atoms with van der Waals surface area (Å²) in [6.07, 6.45) is 9.47. The largest absolute Gasteiger partial charge is 0.341 e. The van der Waals surface area contributed by atoms with Crippen LogP contribution >= 0.6 is 0 Å². The molecule has 0 radical (unpaired) electrons. The molecule has 1 N–H and O–H groups in total. The van der Waals surface area contributed by atoms with Crippen LogP contribution in [0.2, 0.25) is 0 Å². The van der Waals surface area contributed by atoms with Gasteiger partial charge in [0.25, 0.3) is 5.91 Å². The molecule has 0 fully saturated rings. The molecular formula is C16H23N5O. The van der Waals surface area contributed by atoms with Crippen molar-refractivity contribution in [2.45, 2.75) is 39.2 Å². The normalized spacial score (nSPS) is 17.3. The number of fused-ring (bicyclic) bond motifs is 1. The Morgan fingerprint density at radius 3 is 3.23 bits per heavy atom. The van der Waals surface area contributed by atoms with Crippen LogP contribution in [0.4, 0.5) is 0 Å². The zero-order chi connectivity index (χ0) is 15.5. The van der Waals surface area contributed by atoms with E-state index in [4.69, 9.17) is 0 Å². The van der Waals surface area contributed by atoms with Crippen molar-refractivity contribution in [2.75, 3.05) is 13.6 Å². The summed E-state index contributed by atoms with van der Waals surface area (Å²) < 4.78 is 2.20. The highest BCUT2D eigenvalue weighted by Gasteiger charge is 2.23. The molecule has 1 aliphatic rings. The zero-order valence-electron chi connectivity index (χ0n) is 13.2. The highest BCUT2D eigenvalue weighted by molar-refractivity contribution is 5.94. The van der Waals surface area contributed by atoms with Gasteiger partial charge in [0, 0.05) is 44.6 Å². The molecule has 0 bridgehead atoms. The molecule has 22 heavy (non-hydrogen) atoms. The maximum atomic E-state index is 12.6. The molecule has 1 aliphatic heterocycles. The van der Waals surface area contributed by atoms with E-state index in [2.05, 4.69) is 26.7 Å². The van der Waals surface area contributed by atoms with Gasteiger partial charge in [0.2, 0.25) is 0 Å². The minimum absolute atomic E-state index is 0.0635. The quantitative estimate of drug-likeness (QED) is 0.917. The Morgan fingerprint density at radius 2 is 2.41 bits per heavy atom. The summed E-state index contributed by atoms with van der Waals surface area (Å²) in [4.78, 5) is 18.8. The Kier molecular flexibility index (Phi) is 4.27. The summed E-state index contributed by atoms with van der Waals surface area (Å²) in [5, 5.41) is 6.97. The SMILES string of the molecule is CCCc1[nH]ncc1C(=O)N(C)C[C@@H]1CCc2nccn2C1. The van der Waals surface area contributed by atoms with Gasteiger partial charge in [-0.15, -0.1) is 0 Å². The number of hydrogen-bond acceptors (Lipinski definition) is 3. The second-order valence-electron chi connectivity index (χ2n) is 6.10. The molecule has 1 amide bonds. The molecule has 0 saturated carbocycles. The van der Waals surface area contributed by atoms with Gasteiger partial charge in [0.05, 0.1) is 11.8 Å². The van der Waals surface area contributed by atoms with Crippen LogP contribution in [0.15, 0.2) is 18.6 Å². The Balaban J connectivity index is 1.63. The Bertz CT molecular complexity index is 645. The maximum Gasteiger partial charge on any atom is 0.257 e. The van der Waals surface area contributed by atoms with E-state index in [1.807, 2.05) is 24.3 Å². The third kappa shape index (κ3) is 2.91.